The highest BCUT2D eigenvalue weighted by atomic mass is 127. The fourth-order valence-corrected chi connectivity index (χ4v) is 2.86. The molecule has 1 aromatic heterocycles. The zero-order chi connectivity index (χ0) is 12.3. The van der Waals surface area contributed by atoms with Crippen LogP contribution in [0.15, 0.2) is 45.5 Å². The summed E-state index contributed by atoms with van der Waals surface area (Å²) >= 11 is 5.72. The Balaban J connectivity index is 1.98. The average molecular weight is 408 g/mol. The van der Waals surface area contributed by atoms with E-state index in [0.29, 0.717) is 12.3 Å². The fraction of sp³-hybridized carbons (Fsp3) is 0.167. The molecule has 2 aromatic rings. The normalized spacial score (nSPS) is 12.4. The van der Waals surface area contributed by atoms with E-state index in [9.17, 15) is 5.11 Å². The molecule has 90 valence electrons. The summed E-state index contributed by atoms with van der Waals surface area (Å²) in [5.41, 5.74) is 0.955. The van der Waals surface area contributed by atoms with E-state index >= 15 is 0 Å². The summed E-state index contributed by atoms with van der Waals surface area (Å²) in [6.45, 7) is 0.409. The van der Waals surface area contributed by atoms with Crippen molar-refractivity contribution in [3.8, 4) is 0 Å². The van der Waals surface area contributed by atoms with Gasteiger partial charge in [0.25, 0.3) is 0 Å². The predicted octanol–water partition coefficient (Wildman–Crippen LogP) is 3.79. The highest BCUT2D eigenvalue weighted by molar-refractivity contribution is 14.1. The van der Waals surface area contributed by atoms with Crippen molar-refractivity contribution >= 4 is 44.2 Å². The Morgan fingerprint density at radius 1 is 1.41 bits per heavy atom. The Bertz CT molecular complexity index is 487. The Kier molecular flexibility index (Phi) is 4.47. The molecule has 1 aromatic carbocycles. The second-order valence-corrected chi connectivity index (χ2v) is 5.64. The SMILES string of the molecule is OC(CNc1ccc(I)cc1Br)c1ccco1. The minimum absolute atomic E-state index is 0.409. The van der Waals surface area contributed by atoms with E-state index in [1.165, 1.54) is 0 Å². The molecule has 0 amide bonds. The number of aliphatic hydroxyl groups is 1. The van der Waals surface area contributed by atoms with Gasteiger partial charge >= 0.3 is 0 Å². The lowest BCUT2D eigenvalue weighted by Gasteiger charge is -2.12. The summed E-state index contributed by atoms with van der Waals surface area (Å²) in [6, 6.07) is 9.52. The highest BCUT2D eigenvalue weighted by Gasteiger charge is 2.10. The second-order valence-electron chi connectivity index (χ2n) is 3.54. The van der Waals surface area contributed by atoms with Crippen molar-refractivity contribution in [2.45, 2.75) is 6.10 Å². The molecule has 0 saturated heterocycles. The van der Waals surface area contributed by atoms with Crippen LogP contribution in [-0.2, 0) is 0 Å². The van der Waals surface area contributed by atoms with E-state index in [1.54, 1.807) is 18.4 Å². The van der Waals surface area contributed by atoms with E-state index < -0.39 is 6.10 Å². The van der Waals surface area contributed by atoms with E-state index in [0.717, 1.165) is 13.7 Å². The van der Waals surface area contributed by atoms with Gasteiger partial charge in [-0.2, -0.15) is 0 Å². The summed E-state index contributed by atoms with van der Waals surface area (Å²) in [5.74, 6) is 0.569. The van der Waals surface area contributed by atoms with Crippen molar-refractivity contribution in [2.75, 3.05) is 11.9 Å². The molecule has 0 aliphatic heterocycles. The number of hydrogen-bond donors (Lipinski definition) is 2. The number of nitrogens with one attached hydrogen (secondary N) is 1. The van der Waals surface area contributed by atoms with Crippen molar-refractivity contribution in [1.29, 1.82) is 0 Å². The van der Waals surface area contributed by atoms with Gasteiger partial charge in [-0.15, -0.1) is 0 Å². The molecule has 17 heavy (non-hydrogen) atoms. The van der Waals surface area contributed by atoms with Crippen LogP contribution in [0.5, 0.6) is 0 Å². The summed E-state index contributed by atoms with van der Waals surface area (Å²) in [4.78, 5) is 0. The summed E-state index contributed by atoms with van der Waals surface area (Å²) < 4.78 is 7.27. The first-order chi connectivity index (χ1) is 8.16. The number of furan rings is 1. The number of anilines is 1. The van der Waals surface area contributed by atoms with Crippen LogP contribution >= 0.6 is 38.5 Å². The summed E-state index contributed by atoms with van der Waals surface area (Å²) in [7, 11) is 0. The minimum atomic E-state index is -0.642. The third kappa shape index (κ3) is 3.46. The fourth-order valence-electron chi connectivity index (χ4n) is 1.42. The maximum atomic E-state index is 9.84. The minimum Gasteiger partial charge on any atom is -0.467 e. The van der Waals surface area contributed by atoms with Gasteiger partial charge in [0, 0.05) is 20.3 Å². The number of hydrogen-bond acceptors (Lipinski definition) is 3. The topological polar surface area (TPSA) is 45.4 Å². The van der Waals surface area contributed by atoms with Gasteiger partial charge in [0.2, 0.25) is 0 Å². The third-order valence-electron chi connectivity index (χ3n) is 2.29. The number of rotatable bonds is 4. The molecule has 5 heteroatoms. The van der Waals surface area contributed by atoms with Gasteiger partial charge in [-0.25, -0.2) is 0 Å². The Morgan fingerprint density at radius 2 is 2.24 bits per heavy atom. The summed E-state index contributed by atoms with van der Waals surface area (Å²) in [6.07, 6.45) is 0.912. The molecular formula is C12H11BrINO2. The average Bonchev–Trinajstić information content (AvgIpc) is 2.81. The van der Waals surface area contributed by atoms with Gasteiger partial charge in [0.15, 0.2) is 0 Å². The van der Waals surface area contributed by atoms with E-state index in [2.05, 4.69) is 43.8 Å². The van der Waals surface area contributed by atoms with Crippen LogP contribution in [0.1, 0.15) is 11.9 Å². The van der Waals surface area contributed by atoms with Gasteiger partial charge in [-0.1, -0.05) is 0 Å². The first-order valence-electron chi connectivity index (χ1n) is 5.07. The van der Waals surface area contributed by atoms with Crippen LogP contribution in [0, 0.1) is 3.57 Å². The molecule has 0 radical (unpaired) electrons. The zero-order valence-corrected chi connectivity index (χ0v) is 12.6. The molecule has 0 aliphatic carbocycles. The van der Waals surface area contributed by atoms with Crippen LogP contribution in [0.4, 0.5) is 5.69 Å². The van der Waals surface area contributed by atoms with Gasteiger partial charge < -0.3 is 14.8 Å². The lowest BCUT2D eigenvalue weighted by Crippen LogP contribution is -2.11. The van der Waals surface area contributed by atoms with Gasteiger partial charge in [-0.05, 0) is 68.9 Å². The van der Waals surface area contributed by atoms with E-state index in [4.69, 9.17) is 4.42 Å². The smallest absolute Gasteiger partial charge is 0.134 e. The molecule has 2 rings (SSSR count). The van der Waals surface area contributed by atoms with Gasteiger partial charge in [-0.3, -0.25) is 0 Å². The molecule has 0 saturated carbocycles. The molecule has 0 bridgehead atoms. The molecule has 0 aliphatic rings. The highest BCUT2D eigenvalue weighted by Crippen LogP contribution is 2.25. The molecule has 3 nitrogen and oxygen atoms in total. The van der Waals surface area contributed by atoms with E-state index in [1.807, 2.05) is 18.2 Å². The lowest BCUT2D eigenvalue weighted by molar-refractivity contribution is 0.162. The van der Waals surface area contributed by atoms with Crippen molar-refractivity contribution < 1.29 is 9.52 Å². The molecule has 1 atom stereocenters. The first kappa shape index (κ1) is 12.9. The molecule has 0 spiro atoms. The molecule has 1 heterocycles. The van der Waals surface area contributed by atoms with Crippen LogP contribution in [0.3, 0.4) is 0 Å². The zero-order valence-electron chi connectivity index (χ0n) is 8.86. The summed E-state index contributed by atoms with van der Waals surface area (Å²) in [5, 5.41) is 13.0. The quantitative estimate of drug-likeness (QED) is 0.758. The van der Waals surface area contributed by atoms with Crippen molar-refractivity contribution in [3.63, 3.8) is 0 Å². The maximum Gasteiger partial charge on any atom is 0.134 e. The molecular weight excluding hydrogens is 397 g/mol. The third-order valence-corrected chi connectivity index (χ3v) is 3.62. The first-order valence-corrected chi connectivity index (χ1v) is 6.94. The van der Waals surface area contributed by atoms with Crippen LogP contribution in [0.25, 0.3) is 0 Å². The van der Waals surface area contributed by atoms with Crippen molar-refractivity contribution in [2.24, 2.45) is 0 Å². The van der Waals surface area contributed by atoms with Crippen LogP contribution in [0.2, 0.25) is 0 Å². The standard InChI is InChI=1S/C12H11BrINO2/c13-9-6-8(14)3-4-10(9)15-7-11(16)12-2-1-5-17-12/h1-6,11,15-16H,7H2. The number of halogens is 2. The van der Waals surface area contributed by atoms with Crippen molar-refractivity contribution in [1.82, 2.24) is 0 Å². The Labute approximate surface area is 121 Å². The molecule has 0 fully saturated rings. The van der Waals surface area contributed by atoms with Crippen LogP contribution in [-0.4, -0.2) is 11.7 Å². The number of benzene rings is 1. The lowest BCUT2D eigenvalue weighted by atomic mass is 10.2. The Hall–Kier alpha value is -0.530. The van der Waals surface area contributed by atoms with Crippen molar-refractivity contribution in [3.05, 3.63) is 50.4 Å². The van der Waals surface area contributed by atoms with Gasteiger partial charge in [0.1, 0.15) is 11.9 Å². The molecule has 1 unspecified atom stereocenters. The largest absolute Gasteiger partial charge is 0.467 e. The number of aliphatic hydroxyl groups excluding tert-OH is 1. The monoisotopic (exact) mass is 407 g/mol. The predicted molar refractivity (Wildman–Crippen MR) is 79.0 cm³/mol. The van der Waals surface area contributed by atoms with E-state index in [-0.39, 0.29) is 0 Å². The second kappa shape index (κ2) is 5.88. The van der Waals surface area contributed by atoms with Crippen LogP contribution < -0.4 is 5.32 Å². The maximum absolute atomic E-state index is 9.84. The van der Waals surface area contributed by atoms with Gasteiger partial charge in [0.05, 0.1) is 6.26 Å². The Morgan fingerprint density at radius 3 is 2.88 bits per heavy atom. The molecule has 2 N–H and O–H groups in total.